The van der Waals surface area contributed by atoms with E-state index in [4.69, 9.17) is 4.98 Å². The molecule has 30 heavy (non-hydrogen) atoms. The number of halogens is 1. The van der Waals surface area contributed by atoms with Crippen LogP contribution in [0, 0.1) is 5.82 Å². The lowest BCUT2D eigenvalue weighted by Crippen LogP contribution is -2.33. The molecule has 1 aliphatic rings. The van der Waals surface area contributed by atoms with Crippen LogP contribution in [0.3, 0.4) is 0 Å². The Morgan fingerprint density at radius 2 is 2.13 bits per heavy atom. The number of carbonyl (C=O) groups excluding carboxylic acids is 1. The number of nitrogens with zero attached hydrogens (tertiary/aromatic N) is 4. The van der Waals surface area contributed by atoms with Crippen molar-refractivity contribution < 1.29 is 9.18 Å². The van der Waals surface area contributed by atoms with Gasteiger partial charge < -0.3 is 14.8 Å². The molecule has 3 aromatic heterocycles. The number of hydrogen-bond donors (Lipinski definition) is 1. The van der Waals surface area contributed by atoms with Crippen LogP contribution in [0.25, 0.3) is 16.5 Å². The van der Waals surface area contributed by atoms with Crippen LogP contribution in [0.4, 0.5) is 16.0 Å². The number of anilines is 2. The van der Waals surface area contributed by atoms with Crippen molar-refractivity contribution in [1.82, 2.24) is 19.4 Å². The number of amides is 1. The molecule has 4 heterocycles. The molecule has 0 aliphatic carbocycles. The second kappa shape index (κ2) is 8.10. The highest BCUT2D eigenvalue weighted by atomic mass is 19.1. The number of aromatic nitrogens is 3. The highest BCUT2D eigenvalue weighted by molar-refractivity contribution is 5.94. The maximum Gasteiger partial charge on any atom is 0.246 e. The van der Waals surface area contributed by atoms with Gasteiger partial charge in [0, 0.05) is 49.0 Å². The van der Waals surface area contributed by atoms with Crippen molar-refractivity contribution in [2.75, 3.05) is 18.4 Å². The Kier molecular flexibility index (Phi) is 5.35. The number of fused-ring (bicyclic) bond motifs is 1. The molecule has 0 radical (unpaired) electrons. The maximum absolute atomic E-state index is 13.6. The Bertz CT molecular complexity index is 1150. The van der Waals surface area contributed by atoms with Gasteiger partial charge in [-0.2, -0.15) is 0 Å². The predicted molar refractivity (Wildman–Crippen MR) is 117 cm³/mol. The molecule has 0 unspecified atom stereocenters. The fourth-order valence-electron chi connectivity index (χ4n) is 3.73. The van der Waals surface area contributed by atoms with E-state index in [1.54, 1.807) is 4.90 Å². The van der Waals surface area contributed by atoms with Crippen molar-refractivity contribution in [3.8, 4) is 0 Å². The largest absolute Gasteiger partial charge is 0.345 e. The second-order valence-corrected chi connectivity index (χ2v) is 7.56. The Labute approximate surface area is 174 Å². The monoisotopic (exact) mass is 405 g/mol. The first-order chi connectivity index (χ1) is 14.5. The summed E-state index contributed by atoms with van der Waals surface area (Å²) in [4.78, 5) is 22.7. The fourth-order valence-corrected chi connectivity index (χ4v) is 3.73. The normalized spacial score (nSPS) is 14.1. The summed E-state index contributed by atoms with van der Waals surface area (Å²) in [5.41, 5.74) is 3.00. The Morgan fingerprint density at radius 1 is 1.30 bits per heavy atom. The van der Waals surface area contributed by atoms with Gasteiger partial charge in [0.15, 0.2) is 0 Å². The minimum atomic E-state index is -0.360. The third kappa shape index (κ3) is 3.83. The lowest BCUT2D eigenvalue weighted by Gasteiger charge is -2.25. The quantitative estimate of drug-likeness (QED) is 0.625. The van der Waals surface area contributed by atoms with Crippen LogP contribution in [0.5, 0.6) is 0 Å². The molecule has 1 amide bonds. The van der Waals surface area contributed by atoms with Crippen molar-refractivity contribution in [1.29, 1.82) is 0 Å². The smallest absolute Gasteiger partial charge is 0.246 e. The summed E-state index contributed by atoms with van der Waals surface area (Å²) in [6, 6.07) is 6.96. The third-order valence-corrected chi connectivity index (χ3v) is 5.25. The summed E-state index contributed by atoms with van der Waals surface area (Å²) in [5.74, 6) is 0.570. The molecule has 1 aliphatic heterocycles. The van der Waals surface area contributed by atoms with Gasteiger partial charge >= 0.3 is 0 Å². The van der Waals surface area contributed by atoms with Gasteiger partial charge in [0.25, 0.3) is 0 Å². The Balaban J connectivity index is 1.77. The van der Waals surface area contributed by atoms with Gasteiger partial charge in [-0.05, 0) is 44.1 Å². The van der Waals surface area contributed by atoms with Crippen molar-refractivity contribution in [2.45, 2.75) is 26.3 Å². The van der Waals surface area contributed by atoms with E-state index < -0.39 is 0 Å². The molecule has 0 saturated carbocycles. The average molecular weight is 405 g/mol. The number of pyridine rings is 2. The minimum Gasteiger partial charge on any atom is -0.345 e. The topological polar surface area (TPSA) is 63.1 Å². The van der Waals surface area contributed by atoms with Crippen molar-refractivity contribution in [3.05, 3.63) is 66.9 Å². The molecule has 3 aromatic rings. The zero-order valence-corrected chi connectivity index (χ0v) is 17.1. The molecular formula is C23H24FN5O. The van der Waals surface area contributed by atoms with E-state index in [9.17, 15) is 9.18 Å². The van der Waals surface area contributed by atoms with Crippen LogP contribution in [-0.4, -0.2) is 38.4 Å². The summed E-state index contributed by atoms with van der Waals surface area (Å²) >= 11 is 0. The van der Waals surface area contributed by atoms with E-state index in [0.29, 0.717) is 31.1 Å². The number of nitrogens with one attached hydrogen (secondary N) is 1. The Morgan fingerprint density at radius 3 is 2.80 bits per heavy atom. The number of hydrogen-bond acceptors (Lipinski definition) is 4. The summed E-state index contributed by atoms with van der Waals surface area (Å²) in [6.07, 6.45) is 7.57. The van der Waals surface area contributed by atoms with E-state index in [2.05, 4.69) is 47.6 Å². The van der Waals surface area contributed by atoms with Crippen molar-refractivity contribution >= 4 is 34.0 Å². The number of carbonyl (C=O) groups is 1. The molecule has 1 N–H and O–H groups in total. The van der Waals surface area contributed by atoms with Gasteiger partial charge in [0.1, 0.15) is 17.5 Å². The summed E-state index contributed by atoms with van der Waals surface area (Å²) in [6.45, 7) is 8.96. The highest BCUT2D eigenvalue weighted by Crippen LogP contribution is 2.32. The van der Waals surface area contributed by atoms with E-state index in [-0.39, 0.29) is 17.8 Å². The van der Waals surface area contributed by atoms with Gasteiger partial charge in [-0.25, -0.2) is 14.4 Å². The van der Waals surface area contributed by atoms with Gasteiger partial charge in [-0.1, -0.05) is 12.7 Å². The van der Waals surface area contributed by atoms with Gasteiger partial charge in [0.05, 0.1) is 11.2 Å². The zero-order valence-electron chi connectivity index (χ0n) is 17.1. The molecule has 0 atom stereocenters. The lowest BCUT2D eigenvalue weighted by atomic mass is 10.0. The molecule has 0 saturated heterocycles. The van der Waals surface area contributed by atoms with Gasteiger partial charge in [-0.3, -0.25) is 4.79 Å². The predicted octanol–water partition coefficient (Wildman–Crippen LogP) is 4.70. The summed E-state index contributed by atoms with van der Waals surface area (Å²) < 4.78 is 15.8. The molecule has 4 rings (SSSR count). The van der Waals surface area contributed by atoms with Crippen LogP contribution in [0.15, 0.2) is 55.4 Å². The first-order valence-electron chi connectivity index (χ1n) is 9.97. The second-order valence-electron chi connectivity index (χ2n) is 7.56. The first-order valence-corrected chi connectivity index (χ1v) is 9.97. The maximum atomic E-state index is 13.6. The molecule has 0 aromatic carbocycles. The van der Waals surface area contributed by atoms with E-state index >= 15 is 0 Å². The van der Waals surface area contributed by atoms with E-state index in [1.807, 2.05) is 12.1 Å². The van der Waals surface area contributed by atoms with Crippen LogP contribution in [0.2, 0.25) is 0 Å². The molecule has 0 bridgehead atoms. The summed E-state index contributed by atoms with van der Waals surface area (Å²) in [7, 11) is 0. The van der Waals surface area contributed by atoms with Crippen LogP contribution >= 0.6 is 0 Å². The van der Waals surface area contributed by atoms with E-state index in [0.717, 1.165) is 22.2 Å². The Hall–Kier alpha value is -3.48. The van der Waals surface area contributed by atoms with Crippen molar-refractivity contribution in [3.63, 3.8) is 0 Å². The van der Waals surface area contributed by atoms with Crippen LogP contribution in [-0.2, 0) is 4.79 Å². The first kappa shape index (κ1) is 19.8. The van der Waals surface area contributed by atoms with Crippen molar-refractivity contribution in [2.24, 2.45) is 0 Å². The molecule has 0 spiro atoms. The molecule has 7 heteroatoms. The fraction of sp³-hybridized carbons (Fsp3) is 0.261. The highest BCUT2D eigenvalue weighted by Gasteiger charge is 2.20. The van der Waals surface area contributed by atoms with Gasteiger partial charge in [0.2, 0.25) is 5.91 Å². The molecule has 6 nitrogen and oxygen atoms in total. The van der Waals surface area contributed by atoms with Crippen LogP contribution < -0.4 is 5.32 Å². The number of rotatable bonds is 5. The minimum absolute atomic E-state index is 0.0676. The zero-order chi connectivity index (χ0) is 21.3. The SMILES string of the molecule is C=CC(=O)N1CC=C(c2nc(Nc3cc(F)ccn3)cc3c2ccn3C(C)C)CC1. The molecule has 154 valence electrons. The standard InChI is InChI=1S/C23H24FN5O/c1-4-22(30)28-10-6-16(7-11-28)23-18-8-12-29(15(2)3)19(18)14-21(27-23)26-20-13-17(24)5-9-25-20/h4-6,8-9,12-15H,1,7,10-11H2,2-3H3,(H,25,26,27). The molecular weight excluding hydrogens is 381 g/mol. The summed E-state index contributed by atoms with van der Waals surface area (Å²) in [5, 5.41) is 4.18. The average Bonchev–Trinajstić information content (AvgIpc) is 3.17. The van der Waals surface area contributed by atoms with Crippen LogP contribution in [0.1, 0.15) is 32.0 Å². The van der Waals surface area contributed by atoms with E-state index in [1.165, 1.54) is 24.4 Å². The molecule has 0 fully saturated rings. The van der Waals surface area contributed by atoms with Gasteiger partial charge in [-0.15, -0.1) is 0 Å². The lowest BCUT2D eigenvalue weighted by molar-refractivity contribution is -0.125. The third-order valence-electron chi connectivity index (χ3n) is 5.25.